The van der Waals surface area contributed by atoms with Gasteiger partial charge in [0.15, 0.2) is 0 Å². The smallest absolute Gasteiger partial charge is 0.220 e. The first-order valence-electron chi connectivity index (χ1n) is 6.55. The van der Waals surface area contributed by atoms with Crippen LogP contribution in [0.25, 0.3) is 0 Å². The summed E-state index contributed by atoms with van der Waals surface area (Å²) in [6.45, 7) is 2.06. The maximum atomic E-state index is 11.7. The van der Waals surface area contributed by atoms with Crippen molar-refractivity contribution in [2.45, 2.75) is 31.8 Å². The van der Waals surface area contributed by atoms with Crippen molar-refractivity contribution in [2.24, 2.45) is 0 Å². The lowest BCUT2D eigenvalue weighted by atomic mass is 10.1. The predicted octanol–water partition coefficient (Wildman–Crippen LogP) is 2.24. The molecule has 0 aromatic heterocycles. The van der Waals surface area contributed by atoms with E-state index in [2.05, 4.69) is 17.4 Å². The van der Waals surface area contributed by atoms with Crippen LogP contribution in [0.5, 0.6) is 0 Å². The second-order valence-corrected chi connectivity index (χ2v) is 5.91. The van der Waals surface area contributed by atoms with E-state index in [1.807, 2.05) is 24.5 Å². The van der Waals surface area contributed by atoms with Crippen LogP contribution in [0.4, 0.5) is 0 Å². The van der Waals surface area contributed by atoms with E-state index in [4.69, 9.17) is 0 Å². The zero-order chi connectivity index (χ0) is 14.1. The Morgan fingerprint density at radius 3 is 2.68 bits per heavy atom. The van der Waals surface area contributed by atoms with Gasteiger partial charge in [0.2, 0.25) is 5.91 Å². The van der Waals surface area contributed by atoms with Crippen molar-refractivity contribution in [3.8, 4) is 0 Å². The molecule has 0 radical (unpaired) electrons. The summed E-state index contributed by atoms with van der Waals surface area (Å²) in [5.41, 5.74) is 0.429. The van der Waals surface area contributed by atoms with Gasteiger partial charge in [-0.25, -0.2) is 0 Å². The standard InChI is InChI=1S/C15H23NO2S/c1-15(18,12-19-2)11-16-14(17)10-6-9-13-7-4-3-5-8-13/h3-5,7-8,18H,6,9-12H2,1-2H3,(H,16,17)/t15-/m0/s1. The van der Waals surface area contributed by atoms with Crippen LogP contribution in [0.2, 0.25) is 0 Å². The van der Waals surface area contributed by atoms with Gasteiger partial charge in [0, 0.05) is 18.7 Å². The highest BCUT2D eigenvalue weighted by Crippen LogP contribution is 2.09. The summed E-state index contributed by atoms with van der Waals surface area (Å²) in [6, 6.07) is 10.1. The lowest BCUT2D eigenvalue weighted by molar-refractivity contribution is -0.122. The van der Waals surface area contributed by atoms with Gasteiger partial charge in [-0.3, -0.25) is 4.79 Å². The molecule has 0 fully saturated rings. The number of thioether (sulfide) groups is 1. The van der Waals surface area contributed by atoms with Gasteiger partial charge in [-0.2, -0.15) is 11.8 Å². The second kappa shape index (κ2) is 8.23. The molecule has 0 saturated heterocycles. The molecular formula is C15H23NO2S. The number of aryl methyl sites for hydroxylation is 1. The van der Waals surface area contributed by atoms with Gasteiger partial charge >= 0.3 is 0 Å². The van der Waals surface area contributed by atoms with Gasteiger partial charge in [-0.05, 0) is 31.6 Å². The molecule has 0 aliphatic heterocycles. The number of hydrogen-bond donors (Lipinski definition) is 2. The molecule has 4 heteroatoms. The van der Waals surface area contributed by atoms with Crippen LogP contribution in [0.15, 0.2) is 30.3 Å². The zero-order valence-corrected chi connectivity index (χ0v) is 12.5. The molecule has 0 unspecified atom stereocenters. The van der Waals surface area contributed by atoms with Gasteiger partial charge in [0.25, 0.3) is 0 Å². The van der Waals surface area contributed by atoms with Crippen LogP contribution in [-0.2, 0) is 11.2 Å². The Labute approximate surface area is 119 Å². The Balaban J connectivity index is 2.18. The van der Waals surface area contributed by atoms with Crippen molar-refractivity contribution in [2.75, 3.05) is 18.6 Å². The first-order chi connectivity index (χ1) is 9.03. The molecule has 0 aliphatic carbocycles. The molecule has 1 rings (SSSR count). The first kappa shape index (κ1) is 16.1. The van der Waals surface area contributed by atoms with E-state index in [1.165, 1.54) is 5.56 Å². The summed E-state index contributed by atoms with van der Waals surface area (Å²) < 4.78 is 0. The zero-order valence-electron chi connectivity index (χ0n) is 11.7. The fourth-order valence-corrected chi connectivity index (χ4v) is 2.56. The first-order valence-corrected chi connectivity index (χ1v) is 7.95. The summed E-state index contributed by atoms with van der Waals surface area (Å²) in [4.78, 5) is 11.7. The Kier molecular flexibility index (Phi) is 6.95. The molecular weight excluding hydrogens is 258 g/mol. The molecule has 2 N–H and O–H groups in total. The van der Waals surface area contributed by atoms with Gasteiger partial charge < -0.3 is 10.4 Å². The van der Waals surface area contributed by atoms with E-state index in [0.29, 0.717) is 18.7 Å². The third-order valence-corrected chi connectivity index (χ3v) is 3.74. The summed E-state index contributed by atoms with van der Waals surface area (Å²) in [5, 5.41) is 12.7. The molecule has 1 aromatic carbocycles. The van der Waals surface area contributed by atoms with Crippen molar-refractivity contribution in [1.82, 2.24) is 5.32 Å². The van der Waals surface area contributed by atoms with E-state index >= 15 is 0 Å². The van der Waals surface area contributed by atoms with Crippen molar-refractivity contribution in [3.63, 3.8) is 0 Å². The fourth-order valence-electron chi connectivity index (χ4n) is 1.84. The minimum Gasteiger partial charge on any atom is -0.387 e. The molecule has 0 bridgehead atoms. The molecule has 1 amide bonds. The Morgan fingerprint density at radius 2 is 2.05 bits per heavy atom. The van der Waals surface area contributed by atoms with Gasteiger partial charge in [-0.15, -0.1) is 0 Å². The maximum absolute atomic E-state index is 11.7. The lowest BCUT2D eigenvalue weighted by Crippen LogP contribution is -2.42. The third kappa shape index (κ3) is 7.23. The SMILES string of the molecule is CSC[C@@](C)(O)CNC(=O)CCCc1ccccc1. The van der Waals surface area contributed by atoms with Crippen LogP contribution >= 0.6 is 11.8 Å². The molecule has 106 valence electrons. The molecule has 1 atom stereocenters. The summed E-state index contributed by atoms with van der Waals surface area (Å²) in [5.74, 6) is 0.634. The minimum atomic E-state index is -0.825. The number of hydrogen-bond acceptors (Lipinski definition) is 3. The topological polar surface area (TPSA) is 49.3 Å². The van der Waals surface area contributed by atoms with E-state index in [-0.39, 0.29) is 5.91 Å². The van der Waals surface area contributed by atoms with Crippen molar-refractivity contribution in [1.29, 1.82) is 0 Å². The van der Waals surface area contributed by atoms with Crippen molar-refractivity contribution in [3.05, 3.63) is 35.9 Å². The normalized spacial score (nSPS) is 13.8. The van der Waals surface area contributed by atoms with Crippen LogP contribution in [0.1, 0.15) is 25.3 Å². The van der Waals surface area contributed by atoms with Gasteiger partial charge in [0.1, 0.15) is 0 Å². The molecule has 0 saturated carbocycles. The van der Waals surface area contributed by atoms with Crippen LogP contribution in [0.3, 0.4) is 0 Å². The quantitative estimate of drug-likeness (QED) is 0.768. The summed E-state index contributed by atoms with van der Waals surface area (Å²) in [6.07, 6.45) is 4.19. The highest BCUT2D eigenvalue weighted by Gasteiger charge is 2.20. The average molecular weight is 281 g/mol. The van der Waals surface area contributed by atoms with Gasteiger partial charge in [0.05, 0.1) is 5.60 Å². The van der Waals surface area contributed by atoms with Gasteiger partial charge in [-0.1, -0.05) is 30.3 Å². The maximum Gasteiger partial charge on any atom is 0.220 e. The van der Waals surface area contributed by atoms with E-state index in [0.717, 1.165) is 12.8 Å². The van der Waals surface area contributed by atoms with E-state index < -0.39 is 5.60 Å². The molecule has 0 aliphatic rings. The number of nitrogens with one attached hydrogen (secondary N) is 1. The molecule has 0 spiro atoms. The second-order valence-electron chi connectivity index (χ2n) is 5.05. The monoisotopic (exact) mass is 281 g/mol. The fraction of sp³-hybridized carbons (Fsp3) is 0.533. The van der Waals surface area contributed by atoms with E-state index in [9.17, 15) is 9.90 Å². The number of amides is 1. The number of aliphatic hydroxyl groups is 1. The van der Waals surface area contributed by atoms with Crippen LogP contribution < -0.4 is 5.32 Å². The lowest BCUT2D eigenvalue weighted by Gasteiger charge is -2.22. The Bertz CT molecular complexity index is 379. The number of carbonyl (C=O) groups is 1. The highest BCUT2D eigenvalue weighted by atomic mass is 32.2. The number of carbonyl (C=O) groups excluding carboxylic acids is 1. The Morgan fingerprint density at radius 1 is 1.37 bits per heavy atom. The third-order valence-electron chi connectivity index (χ3n) is 2.83. The van der Waals surface area contributed by atoms with Crippen molar-refractivity contribution >= 4 is 17.7 Å². The van der Waals surface area contributed by atoms with Crippen molar-refractivity contribution < 1.29 is 9.90 Å². The average Bonchev–Trinajstić information content (AvgIpc) is 2.38. The summed E-state index contributed by atoms with van der Waals surface area (Å²) in [7, 11) is 0. The van der Waals surface area contributed by atoms with Crippen LogP contribution in [0, 0.1) is 0 Å². The molecule has 3 nitrogen and oxygen atoms in total. The van der Waals surface area contributed by atoms with Crippen LogP contribution in [-0.4, -0.2) is 35.2 Å². The molecule has 1 aromatic rings. The Hall–Kier alpha value is -1.00. The highest BCUT2D eigenvalue weighted by molar-refractivity contribution is 7.98. The predicted molar refractivity (Wildman–Crippen MR) is 81.4 cm³/mol. The molecule has 0 heterocycles. The summed E-state index contributed by atoms with van der Waals surface area (Å²) >= 11 is 1.57. The number of rotatable bonds is 8. The van der Waals surface area contributed by atoms with E-state index in [1.54, 1.807) is 18.7 Å². The molecule has 19 heavy (non-hydrogen) atoms. The minimum absolute atomic E-state index is 0.0114. The number of benzene rings is 1. The largest absolute Gasteiger partial charge is 0.387 e.